The average molecular weight is 265 g/mol. The topological polar surface area (TPSA) is 35.6 Å². The number of nitrogens with zero attached hydrogens (tertiary/aromatic N) is 2. The van der Waals surface area contributed by atoms with Gasteiger partial charge in [0.2, 0.25) is 5.91 Å². The Morgan fingerprint density at radius 2 is 2.11 bits per heavy atom. The summed E-state index contributed by atoms with van der Waals surface area (Å²) in [5, 5.41) is 3.38. The Morgan fingerprint density at radius 3 is 2.63 bits per heavy atom. The maximum absolute atomic E-state index is 12.8. The molecule has 4 heteroatoms. The third kappa shape index (κ3) is 3.18. The van der Waals surface area contributed by atoms with Gasteiger partial charge in [-0.3, -0.25) is 9.69 Å². The normalized spacial score (nSPS) is 28.6. The zero-order valence-electron chi connectivity index (χ0n) is 12.2. The molecule has 2 saturated heterocycles. The summed E-state index contributed by atoms with van der Waals surface area (Å²) in [6.07, 6.45) is 5.05. The molecule has 2 aliphatic rings. The Kier molecular flexibility index (Phi) is 4.99. The van der Waals surface area contributed by atoms with Crippen LogP contribution in [0, 0.1) is 5.41 Å². The van der Waals surface area contributed by atoms with Crippen molar-refractivity contribution in [1.82, 2.24) is 15.1 Å². The molecule has 2 fully saturated rings. The lowest BCUT2D eigenvalue weighted by Crippen LogP contribution is -2.53. The number of amides is 1. The van der Waals surface area contributed by atoms with Crippen molar-refractivity contribution in [2.24, 2.45) is 5.41 Å². The second-order valence-corrected chi connectivity index (χ2v) is 5.84. The highest BCUT2D eigenvalue weighted by atomic mass is 16.2. The van der Waals surface area contributed by atoms with E-state index in [1.807, 2.05) is 6.08 Å². The summed E-state index contributed by atoms with van der Waals surface area (Å²) in [6.45, 7) is 12.4. The van der Waals surface area contributed by atoms with Crippen LogP contribution in [-0.4, -0.2) is 61.5 Å². The third-order valence-electron chi connectivity index (χ3n) is 4.47. The van der Waals surface area contributed by atoms with Crippen molar-refractivity contribution in [3.8, 4) is 0 Å². The molecule has 0 saturated carbocycles. The molecule has 19 heavy (non-hydrogen) atoms. The molecule has 0 spiro atoms. The van der Waals surface area contributed by atoms with E-state index in [-0.39, 0.29) is 5.41 Å². The van der Waals surface area contributed by atoms with Crippen LogP contribution in [-0.2, 0) is 4.79 Å². The minimum atomic E-state index is -0.116. The van der Waals surface area contributed by atoms with Crippen molar-refractivity contribution < 1.29 is 4.79 Å². The lowest BCUT2D eigenvalue weighted by molar-refractivity contribution is -0.143. The molecule has 1 N–H and O–H groups in total. The maximum atomic E-state index is 12.8. The van der Waals surface area contributed by atoms with Gasteiger partial charge in [-0.15, -0.1) is 6.58 Å². The van der Waals surface area contributed by atoms with E-state index < -0.39 is 0 Å². The smallest absolute Gasteiger partial charge is 0.230 e. The van der Waals surface area contributed by atoms with E-state index in [0.717, 1.165) is 65.1 Å². The molecule has 0 radical (unpaired) electrons. The minimum absolute atomic E-state index is 0.116. The lowest BCUT2D eigenvalue weighted by atomic mass is 9.81. The van der Waals surface area contributed by atoms with E-state index >= 15 is 0 Å². The minimum Gasteiger partial charge on any atom is -0.340 e. The first-order valence-electron chi connectivity index (χ1n) is 7.55. The van der Waals surface area contributed by atoms with Gasteiger partial charge in [-0.05, 0) is 19.4 Å². The van der Waals surface area contributed by atoms with Crippen molar-refractivity contribution >= 4 is 5.91 Å². The van der Waals surface area contributed by atoms with Crippen LogP contribution in [0.3, 0.4) is 0 Å². The molecule has 0 aromatic carbocycles. The van der Waals surface area contributed by atoms with Gasteiger partial charge >= 0.3 is 0 Å². The van der Waals surface area contributed by atoms with Crippen LogP contribution in [0.15, 0.2) is 12.7 Å². The molecule has 0 aromatic rings. The molecule has 4 nitrogen and oxygen atoms in total. The van der Waals surface area contributed by atoms with Crippen LogP contribution < -0.4 is 5.32 Å². The third-order valence-corrected chi connectivity index (χ3v) is 4.47. The molecule has 2 aliphatic heterocycles. The van der Waals surface area contributed by atoms with Crippen LogP contribution in [0.1, 0.15) is 26.2 Å². The van der Waals surface area contributed by atoms with E-state index in [0.29, 0.717) is 5.91 Å². The quantitative estimate of drug-likeness (QED) is 0.756. The Bertz CT molecular complexity index is 315. The van der Waals surface area contributed by atoms with Crippen LogP contribution >= 0.6 is 0 Å². The molecule has 0 aliphatic carbocycles. The van der Waals surface area contributed by atoms with E-state index in [1.54, 1.807) is 0 Å². The number of nitrogens with one attached hydrogen (secondary N) is 1. The summed E-state index contributed by atoms with van der Waals surface area (Å²) < 4.78 is 0. The van der Waals surface area contributed by atoms with E-state index in [4.69, 9.17) is 0 Å². The summed E-state index contributed by atoms with van der Waals surface area (Å²) in [5.41, 5.74) is -0.116. The van der Waals surface area contributed by atoms with E-state index in [2.05, 4.69) is 28.6 Å². The molecule has 1 amide bonds. The summed E-state index contributed by atoms with van der Waals surface area (Å²) in [5.74, 6) is 0.387. The standard InChI is InChI=1S/C15H27N3O/c1-3-5-15(6-7-16-13-15)14(19)18-11-9-17(8-4-2)10-12-18/h4,16H,2-3,5-13H2,1H3. The van der Waals surface area contributed by atoms with Gasteiger partial charge in [0.25, 0.3) is 0 Å². The molecule has 2 heterocycles. The van der Waals surface area contributed by atoms with Gasteiger partial charge in [0.05, 0.1) is 5.41 Å². The van der Waals surface area contributed by atoms with Gasteiger partial charge < -0.3 is 10.2 Å². The predicted molar refractivity (Wildman–Crippen MR) is 78.0 cm³/mol. The zero-order valence-corrected chi connectivity index (χ0v) is 12.2. The zero-order chi connectivity index (χ0) is 13.7. The molecule has 0 aromatic heterocycles. The second kappa shape index (κ2) is 6.53. The summed E-state index contributed by atoms with van der Waals surface area (Å²) >= 11 is 0. The largest absolute Gasteiger partial charge is 0.340 e. The first kappa shape index (κ1) is 14.5. The first-order chi connectivity index (χ1) is 9.22. The fourth-order valence-electron chi connectivity index (χ4n) is 3.38. The van der Waals surface area contributed by atoms with Gasteiger partial charge in [0, 0.05) is 39.3 Å². The molecule has 2 rings (SSSR count). The van der Waals surface area contributed by atoms with Crippen molar-refractivity contribution in [1.29, 1.82) is 0 Å². The highest BCUT2D eigenvalue weighted by Crippen LogP contribution is 2.33. The Morgan fingerprint density at radius 1 is 1.37 bits per heavy atom. The average Bonchev–Trinajstić information content (AvgIpc) is 2.89. The maximum Gasteiger partial charge on any atom is 0.230 e. The molecule has 0 bridgehead atoms. The van der Waals surface area contributed by atoms with Crippen molar-refractivity contribution in [2.75, 3.05) is 45.8 Å². The van der Waals surface area contributed by atoms with Crippen molar-refractivity contribution in [2.45, 2.75) is 26.2 Å². The van der Waals surface area contributed by atoms with Crippen molar-refractivity contribution in [3.63, 3.8) is 0 Å². The van der Waals surface area contributed by atoms with Gasteiger partial charge in [0.15, 0.2) is 0 Å². The molecule has 108 valence electrons. The monoisotopic (exact) mass is 265 g/mol. The van der Waals surface area contributed by atoms with Gasteiger partial charge in [-0.25, -0.2) is 0 Å². The van der Waals surface area contributed by atoms with Gasteiger partial charge in [-0.1, -0.05) is 19.4 Å². The number of piperazine rings is 1. The van der Waals surface area contributed by atoms with E-state index in [9.17, 15) is 4.79 Å². The van der Waals surface area contributed by atoms with Crippen LogP contribution in [0.5, 0.6) is 0 Å². The van der Waals surface area contributed by atoms with Gasteiger partial charge in [-0.2, -0.15) is 0 Å². The Hall–Kier alpha value is -0.870. The predicted octanol–water partition coefficient (Wildman–Crippen LogP) is 1.10. The number of carbonyl (C=O) groups is 1. The van der Waals surface area contributed by atoms with Crippen LogP contribution in [0.4, 0.5) is 0 Å². The highest BCUT2D eigenvalue weighted by Gasteiger charge is 2.43. The summed E-state index contributed by atoms with van der Waals surface area (Å²) in [7, 11) is 0. The van der Waals surface area contributed by atoms with Gasteiger partial charge in [0.1, 0.15) is 0 Å². The molecular weight excluding hydrogens is 238 g/mol. The summed E-state index contributed by atoms with van der Waals surface area (Å²) in [4.78, 5) is 17.3. The number of rotatable bonds is 5. The number of hydrogen-bond acceptors (Lipinski definition) is 3. The fraction of sp³-hybridized carbons (Fsp3) is 0.800. The second-order valence-electron chi connectivity index (χ2n) is 5.84. The molecule has 1 atom stereocenters. The van der Waals surface area contributed by atoms with Crippen molar-refractivity contribution in [3.05, 3.63) is 12.7 Å². The van der Waals surface area contributed by atoms with Crippen LogP contribution in [0.2, 0.25) is 0 Å². The number of carbonyl (C=O) groups excluding carboxylic acids is 1. The molecule has 1 unspecified atom stereocenters. The Labute approximate surface area is 116 Å². The van der Waals surface area contributed by atoms with E-state index in [1.165, 1.54) is 0 Å². The fourth-order valence-corrected chi connectivity index (χ4v) is 3.38. The first-order valence-corrected chi connectivity index (χ1v) is 7.55. The SMILES string of the molecule is C=CCN1CCN(C(=O)C2(CCC)CCNC2)CC1. The van der Waals surface area contributed by atoms with Crippen LogP contribution in [0.25, 0.3) is 0 Å². The summed E-state index contributed by atoms with van der Waals surface area (Å²) in [6, 6.07) is 0. The molecular formula is C15H27N3O. The number of hydrogen-bond donors (Lipinski definition) is 1. The lowest BCUT2D eigenvalue weighted by Gasteiger charge is -2.39. The highest BCUT2D eigenvalue weighted by molar-refractivity contribution is 5.83. The Balaban J connectivity index is 1.94.